The molecule has 12 atom stereocenters. The SMILES string of the molecule is CC(C)CC[C@@H](O[Si](C)(C)C(C)(C)C)[C@@H](C)[C@H]1CC[C@H]2C3=C[C@H](O)C4[C@@H](O)[C@@H](O)CC[C@]4(C)[C@H]3[C@H](O[Si](C)(C)C(C)(C)C)C[C@]12C. The molecule has 0 saturated heterocycles. The number of hydrogen-bond donors (Lipinski definition) is 3. The molecule has 46 heavy (non-hydrogen) atoms. The van der Waals surface area contributed by atoms with Crippen molar-refractivity contribution in [2.45, 2.75) is 188 Å². The summed E-state index contributed by atoms with van der Waals surface area (Å²) in [7, 11) is -4.13. The summed E-state index contributed by atoms with van der Waals surface area (Å²) >= 11 is 0. The van der Waals surface area contributed by atoms with Crippen LogP contribution in [0, 0.1) is 46.3 Å². The summed E-state index contributed by atoms with van der Waals surface area (Å²) < 4.78 is 14.9. The third kappa shape index (κ3) is 6.84. The Hall–Kier alpha value is -0.0262. The van der Waals surface area contributed by atoms with E-state index in [0.717, 1.165) is 25.7 Å². The molecule has 3 N–H and O–H groups in total. The van der Waals surface area contributed by atoms with Crippen LogP contribution in [-0.2, 0) is 8.85 Å². The lowest BCUT2D eigenvalue weighted by atomic mass is 9.46. The van der Waals surface area contributed by atoms with E-state index in [1.165, 1.54) is 18.4 Å². The van der Waals surface area contributed by atoms with Gasteiger partial charge in [0.1, 0.15) is 0 Å². The van der Waals surface area contributed by atoms with Crippen molar-refractivity contribution in [1.82, 2.24) is 0 Å². The van der Waals surface area contributed by atoms with E-state index in [9.17, 15) is 15.3 Å². The highest BCUT2D eigenvalue weighted by atomic mass is 28.4. The van der Waals surface area contributed by atoms with Gasteiger partial charge in [0.25, 0.3) is 0 Å². The van der Waals surface area contributed by atoms with Crippen molar-refractivity contribution in [2.75, 3.05) is 0 Å². The van der Waals surface area contributed by atoms with Crippen LogP contribution in [0.4, 0.5) is 0 Å². The molecule has 3 fully saturated rings. The van der Waals surface area contributed by atoms with E-state index < -0.39 is 34.9 Å². The average Bonchev–Trinajstić information content (AvgIpc) is 3.23. The van der Waals surface area contributed by atoms with Gasteiger partial charge < -0.3 is 24.2 Å². The van der Waals surface area contributed by atoms with Crippen LogP contribution in [0.25, 0.3) is 0 Å². The Morgan fingerprint density at radius 1 is 0.848 bits per heavy atom. The number of aliphatic hydroxyl groups excluding tert-OH is 3. The Kier molecular flexibility index (Phi) is 10.9. The molecule has 1 unspecified atom stereocenters. The fraction of sp³-hybridized carbons (Fsp3) is 0.949. The van der Waals surface area contributed by atoms with Crippen LogP contribution < -0.4 is 0 Å². The fourth-order valence-electron chi connectivity index (χ4n) is 10.1. The molecule has 3 saturated carbocycles. The Morgan fingerprint density at radius 2 is 1.43 bits per heavy atom. The molecule has 0 heterocycles. The topological polar surface area (TPSA) is 79.2 Å². The molecular formula is C39H74O5Si2. The van der Waals surface area contributed by atoms with Crippen LogP contribution in [0.2, 0.25) is 36.3 Å². The first-order valence-electron chi connectivity index (χ1n) is 18.9. The molecule has 0 radical (unpaired) electrons. The zero-order valence-corrected chi connectivity index (χ0v) is 34.5. The lowest BCUT2D eigenvalue weighted by Crippen LogP contribution is -2.64. The molecule has 4 aliphatic carbocycles. The minimum Gasteiger partial charge on any atom is -0.414 e. The second kappa shape index (κ2) is 12.9. The molecule has 4 aliphatic rings. The predicted molar refractivity (Wildman–Crippen MR) is 197 cm³/mol. The van der Waals surface area contributed by atoms with Crippen LogP contribution in [0.15, 0.2) is 11.6 Å². The van der Waals surface area contributed by atoms with E-state index in [0.29, 0.717) is 30.1 Å². The molecular weight excluding hydrogens is 605 g/mol. The number of rotatable bonds is 9. The maximum atomic E-state index is 11.7. The summed E-state index contributed by atoms with van der Waals surface area (Å²) in [5.41, 5.74) is 1.11. The van der Waals surface area contributed by atoms with Crippen LogP contribution in [0.5, 0.6) is 0 Å². The van der Waals surface area contributed by atoms with E-state index in [4.69, 9.17) is 8.85 Å². The van der Waals surface area contributed by atoms with Crippen LogP contribution >= 0.6 is 0 Å². The van der Waals surface area contributed by atoms with Gasteiger partial charge in [-0.1, -0.05) is 87.8 Å². The maximum Gasteiger partial charge on any atom is 0.192 e. The van der Waals surface area contributed by atoms with Crippen molar-refractivity contribution in [3.8, 4) is 0 Å². The van der Waals surface area contributed by atoms with E-state index in [1.54, 1.807) is 0 Å². The van der Waals surface area contributed by atoms with Gasteiger partial charge in [-0.15, -0.1) is 0 Å². The van der Waals surface area contributed by atoms with Gasteiger partial charge >= 0.3 is 0 Å². The Labute approximate surface area is 286 Å². The number of fused-ring (bicyclic) bond motifs is 5. The largest absolute Gasteiger partial charge is 0.414 e. The lowest BCUT2D eigenvalue weighted by Gasteiger charge is -2.63. The van der Waals surface area contributed by atoms with Gasteiger partial charge in [-0.25, -0.2) is 0 Å². The van der Waals surface area contributed by atoms with Gasteiger partial charge in [-0.05, 0) is 116 Å². The van der Waals surface area contributed by atoms with Crippen molar-refractivity contribution in [3.63, 3.8) is 0 Å². The normalized spacial score (nSPS) is 40.2. The minimum absolute atomic E-state index is 0.0269. The van der Waals surface area contributed by atoms with Crippen molar-refractivity contribution >= 4 is 16.6 Å². The van der Waals surface area contributed by atoms with E-state index in [-0.39, 0.29) is 45.0 Å². The van der Waals surface area contributed by atoms with E-state index >= 15 is 0 Å². The van der Waals surface area contributed by atoms with Crippen molar-refractivity contribution < 1.29 is 24.2 Å². The quantitative estimate of drug-likeness (QED) is 0.167. The van der Waals surface area contributed by atoms with Crippen LogP contribution in [-0.4, -0.2) is 62.5 Å². The monoisotopic (exact) mass is 679 g/mol. The molecule has 0 aromatic rings. The second-order valence-corrected chi connectivity index (χ2v) is 29.9. The molecule has 0 aromatic heterocycles. The summed E-state index contributed by atoms with van der Waals surface area (Å²) in [5.74, 6) is 1.73. The summed E-state index contributed by atoms with van der Waals surface area (Å²) in [6.45, 7) is 35.7. The smallest absolute Gasteiger partial charge is 0.192 e. The van der Waals surface area contributed by atoms with E-state index in [2.05, 4.69) is 108 Å². The maximum absolute atomic E-state index is 11.7. The third-order valence-corrected chi connectivity index (χ3v) is 23.9. The molecule has 4 rings (SSSR count). The van der Waals surface area contributed by atoms with Gasteiger partial charge in [-0.3, -0.25) is 0 Å². The van der Waals surface area contributed by atoms with Gasteiger partial charge in [0.05, 0.1) is 24.4 Å². The molecule has 5 nitrogen and oxygen atoms in total. The van der Waals surface area contributed by atoms with Crippen molar-refractivity contribution in [1.29, 1.82) is 0 Å². The summed E-state index contributed by atoms with van der Waals surface area (Å²) in [6, 6.07) is 0. The average molecular weight is 679 g/mol. The Bertz CT molecular complexity index is 1100. The lowest BCUT2D eigenvalue weighted by molar-refractivity contribution is -0.172. The Morgan fingerprint density at radius 3 is 1.98 bits per heavy atom. The van der Waals surface area contributed by atoms with Crippen LogP contribution in [0.3, 0.4) is 0 Å². The summed E-state index contributed by atoms with van der Waals surface area (Å²) in [5, 5.41) is 34.0. The Balaban J connectivity index is 1.79. The molecule has 0 aliphatic heterocycles. The first kappa shape index (κ1) is 38.8. The van der Waals surface area contributed by atoms with Crippen molar-refractivity contribution in [2.24, 2.45) is 46.3 Å². The van der Waals surface area contributed by atoms with Gasteiger partial charge in [0.15, 0.2) is 16.6 Å². The zero-order chi connectivity index (χ0) is 35.0. The van der Waals surface area contributed by atoms with Gasteiger partial charge in [0.2, 0.25) is 0 Å². The first-order chi connectivity index (χ1) is 20.8. The van der Waals surface area contributed by atoms with Crippen LogP contribution in [0.1, 0.15) is 121 Å². The van der Waals surface area contributed by atoms with Gasteiger partial charge in [-0.2, -0.15) is 0 Å². The van der Waals surface area contributed by atoms with Gasteiger partial charge in [0, 0.05) is 17.9 Å². The second-order valence-electron chi connectivity index (χ2n) is 20.4. The molecule has 0 spiro atoms. The fourth-order valence-corrected chi connectivity index (χ4v) is 12.8. The molecule has 0 bridgehead atoms. The molecule has 0 aromatic carbocycles. The number of hydrogen-bond acceptors (Lipinski definition) is 5. The predicted octanol–water partition coefficient (Wildman–Crippen LogP) is 9.33. The summed E-state index contributed by atoms with van der Waals surface area (Å²) in [6.07, 6.45) is 6.93. The minimum atomic E-state index is -2.15. The highest BCUT2D eigenvalue weighted by Gasteiger charge is 2.65. The molecule has 268 valence electrons. The standard InChI is InChI=1S/C39H74O5Si2/c1-24(2)16-19-31(43-45(12,13)36(4,5)6)25(3)27-17-18-28-26-22-30(41)34-35(42)29(40)20-21-38(34,10)33(26)32(23-39(27,28)11)44-46(14,15)37(7,8)9/h22,24-25,27-35,40-42H,16-21,23H2,1-15H3/t25-,27+,28-,29-,30-,31+,32+,33+,34?,35-,38+,39+/m0/s1. The number of aliphatic hydroxyl groups is 3. The van der Waals surface area contributed by atoms with E-state index in [1.807, 2.05) is 0 Å². The summed E-state index contributed by atoms with van der Waals surface area (Å²) in [4.78, 5) is 0. The highest BCUT2D eigenvalue weighted by molar-refractivity contribution is 6.74. The zero-order valence-electron chi connectivity index (χ0n) is 32.5. The molecule has 7 heteroatoms. The molecule has 0 amide bonds. The third-order valence-electron chi connectivity index (χ3n) is 14.9. The van der Waals surface area contributed by atoms with Crippen molar-refractivity contribution in [3.05, 3.63) is 11.6 Å². The highest BCUT2D eigenvalue weighted by Crippen LogP contribution is 2.68. The first-order valence-corrected chi connectivity index (χ1v) is 24.7.